The van der Waals surface area contributed by atoms with Gasteiger partial charge in [0, 0.05) is 0 Å². The first-order valence-corrected chi connectivity index (χ1v) is 12.5. The Morgan fingerprint density at radius 2 is 0.679 bits per heavy atom. The van der Waals surface area contributed by atoms with Crippen molar-refractivity contribution in [2.75, 3.05) is 0 Å². The molecule has 0 saturated carbocycles. The van der Waals surface area contributed by atoms with E-state index in [9.17, 15) is 5.11 Å². The van der Waals surface area contributed by atoms with Crippen molar-refractivity contribution in [3.8, 4) is 5.75 Å². The van der Waals surface area contributed by atoms with Gasteiger partial charge >= 0.3 is 0 Å². The van der Waals surface area contributed by atoms with Gasteiger partial charge in [0.1, 0.15) is 5.75 Å². The topological polar surface area (TPSA) is 20.2 Å². The molecule has 0 heterocycles. The van der Waals surface area contributed by atoms with Gasteiger partial charge in [-0.2, -0.15) is 0 Å². The van der Waals surface area contributed by atoms with E-state index in [0.717, 1.165) is 25.7 Å². The highest BCUT2D eigenvalue weighted by Crippen LogP contribution is 2.38. The van der Waals surface area contributed by atoms with Gasteiger partial charge in [-0.1, -0.05) is 73.1 Å². The van der Waals surface area contributed by atoms with Crippen LogP contribution in [-0.4, -0.2) is 5.11 Å². The zero-order chi connectivity index (χ0) is 20.8. The molecule has 0 unspecified atom stereocenters. The Bertz CT molecular complexity index is 544. The molecule has 0 fully saturated rings. The molecule has 1 N–H and O–H groups in total. The lowest BCUT2D eigenvalue weighted by Crippen LogP contribution is -2.11. The summed E-state index contributed by atoms with van der Waals surface area (Å²) < 4.78 is 0. The minimum atomic E-state index is 0.682. The zero-order valence-electron chi connectivity index (χ0n) is 19.8. The smallest absolute Gasteiger partial charge is 0.122 e. The van der Waals surface area contributed by atoms with Crippen LogP contribution in [0, 0.1) is 0 Å². The third-order valence-corrected chi connectivity index (χ3v) is 6.18. The summed E-state index contributed by atoms with van der Waals surface area (Å²) in [6.45, 7) is 11.4. The third-order valence-electron chi connectivity index (χ3n) is 6.18. The summed E-state index contributed by atoms with van der Waals surface area (Å²) in [5, 5.41) is 11.4. The number of phenolic OH excluding ortho intramolecular Hbond substituents is 1. The zero-order valence-corrected chi connectivity index (χ0v) is 19.8. The van der Waals surface area contributed by atoms with Crippen LogP contribution in [0.4, 0.5) is 0 Å². The SMILES string of the molecule is CCCCCc1c(O)c(CCCC)c(CCCC)c(CCCC)c1CCCC. The van der Waals surface area contributed by atoms with Gasteiger partial charge in [0.2, 0.25) is 0 Å². The molecule has 162 valence electrons. The van der Waals surface area contributed by atoms with E-state index in [1.54, 1.807) is 5.56 Å². The van der Waals surface area contributed by atoms with Gasteiger partial charge in [-0.05, 0) is 92.0 Å². The number of phenols is 1. The van der Waals surface area contributed by atoms with E-state index in [-0.39, 0.29) is 0 Å². The molecule has 0 saturated heterocycles. The lowest BCUT2D eigenvalue weighted by molar-refractivity contribution is 0.454. The molecule has 0 bridgehead atoms. The van der Waals surface area contributed by atoms with Crippen LogP contribution >= 0.6 is 0 Å². The number of unbranched alkanes of at least 4 members (excludes halogenated alkanes) is 6. The van der Waals surface area contributed by atoms with Gasteiger partial charge in [0.25, 0.3) is 0 Å². The van der Waals surface area contributed by atoms with Crippen LogP contribution in [0.2, 0.25) is 0 Å². The van der Waals surface area contributed by atoms with Crippen molar-refractivity contribution in [2.24, 2.45) is 0 Å². The first-order valence-electron chi connectivity index (χ1n) is 12.5. The fourth-order valence-electron chi connectivity index (χ4n) is 4.42. The normalized spacial score (nSPS) is 11.3. The predicted octanol–water partition coefficient (Wildman–Crippen LogP) is 8.50. The highest BCUT2D eigenvalue weighted by Gasteiger charge is 2.22. The van der Waals surface area contributed by atoms with Crippen molar-refractivity contribution in [3.05, 3.63) is 27.8 Å². The molecule has 0 spiro atoms. The molecule has 28 heavy (non-hydrogen) atoms. The number of aromatic hydroxyl groups is 1. The first-order chi connectivity index (χ1) is 13.7. The van der Waals surface area contributed by atoms with E-state index in [2.05, 4.69) is 34.6 Å². The Hall–Kier alpha value is -0.980. The number of benzene rings is 1. The van der Waals surface area contributed by atoms with Crippen LogP contribution in [0.15, 0.2) is 0 Å². The third kappa shape index (κ3) is 7.45. The van der Waals surface area contributed by atoms with Gasteiger partial charge in [-0.25, -0.2) is 0 Å². The average molecular weight is 389 g/mol. The predicted molar refractivity (Wildman–Crippen MR) is 126 cm³/mol. The lowest BCUT2D eigenvalue weighted by Gasteiger charge is -2.25. The second kappa shape index (κ2) is 14.9. The molecular weight excluding hydrogens is 340 g/mol. The maximum Gasteiger partial charge on any atom is 0.122 e. The molecule has 0 aromatic heterocycles. The molecule has 1 aromatic rings. The summed E-state index contributed by atoms with van der Waals surface area (Å²) in [6, 6.07) is 0. The van der Waals surface area contributed by atoms with Crippen molar-refractivity contribution in [1.29, 1.82) is 0 Å². The van der Waals surface area contributed by atoms with Gasteiger partial charge in [0.05, 0.1) is 0 Å². The van der Waals surface area contributed by atoms with Crippen molar-refractivity contribution in [2.45, 2.75) is 137 Å². The monoisotopic (exact) mass is 388 g/mol. The van der Waals surface area contributed by atoms with Crippen LogP contribution in [0.25, 0.3) is 0 Å². The average Bonchev–Trinajstić information content (AvgIpc) is 2.70. The van der Waals surface area contributed by atoms with Crippen LogP contribution in [0.5, 0.6) is 5.75 Å². The Morgan fingerprint density at radius 1 is 0.393 bits per heavy atom. The summed E-state index contributed by atoms with van der Waals surface area (Å²) in [4.78, 5) is 0. The van der Waals surface area contributed by atoms with Crippen LogP contribution < -0.4 is 0 Å². The lowest BCUT2D eigenvalue weighted by atomic mass is 9.81. The number of hydrogen-bond donors (Lipinski definition) is 1. The molecule has 1 heteroatoms. The van der Waals surface area contributed by atoms with Crippen LogP contribution in [0.3, 0.4) is 0 Å². The molecule has 1 rings (SSSR count). The van der Waals surface area contributed by atoms with E-state index in [1.807, 2.05) is 0 Å². The molecular formula is C27H48O. The second-order valence-corrected chi connectivity index (χ2v) is 8.61. The highest BCUT2D eigenvalue weighted by molar-refractivity contribution is 5.56. The molecule has 1 nitrogen and oxygen atoms in total. The van der Waals surface area contributed by atoms with Crippen molar-refractivity contribution in [1.82, 2.24) is 0 Å². The molecule has 0 aliphatic heterocycles. The minimum Gasteiger partial charge on any atom is -0.507 e. The van der Waals surface area contributed by atoms with E-state index >= 15 is 0 Å². The maximum absolute atomic E-state index is 11.4. The summed E-state index contributed by atoms with van der Waals surface area (Å²) in [6.07, 6.45) is 19.1. The van der Waals surface area contributed by atoms with E-state index in [4.69, 9.17) is 0 Å². The second-order valence-electron chi connectivity index (χ2n) is 8.61. The van der Waals surface area contributed by atoms with E-state index in [1.165, 1.54) is 99.3 Å². The minimum absolute atomic E-state index is 0.682. The summed E-state index contributed by atoms with van der Waals surface area (Å²) >= 11 is 0. The maximum atomic E-state index is 11.4. The molecule has 0 aliphatic carbocycles. The molecule has 0 amide bonds. The van der Waals surface area contributed by atoms with Crippen LogP contribution in [0.1, 0.15) is 133 Å². The van der Waals surface area contributed by atoms with Gasteiger partial charge in [0.15, 0.2) is 0 Å². The molecule has 0 aliphatic rings. The fourth-order valence-corrected chi connectivity index (χ4v) is 4.42. The van der Waals surface area contributed by atoms with Gasteiger partial charge < -0.3 is 5.11 Å². The molecule has 0 atom stereocenters. The fraction of sp³-hybridized carbons (Fsp3) is 0.778. The van der Waals surface area contributed by atoms with Crippen molar-refractivity contribution >= 4 is 0 Å². The van der Waals surface area contributed by atoms with E-state index in [0.29, 0.717) is 5.75 Å². The summed E-state index contributed by atoms with van der Waals surface area (Å²) in [5.41, 5.74) is 7.34. The molecule has 1 aromatic carbocycles. The summed E-state index contributed by atoms with van der Waals surface area (Å²) in [7, 11) is 0. The Balaban J connectivity index is 3.54. The van der Waals surface area contributed by atoms with Gasteiger partial charge in [-0.15, -0.1) is 0 Å². The Labute approximate surface area is 176 Å². The summed E-state index contributed by atoms with van der Waals surface area (Å²) in [5.74, 6) is 0.682. The first kappa shape index (κ1) is 25.1. The van der Waals surface area contributed by atoms with Crippen molar-refractivity contribution in [3.63, 3.8) is 0 Å². The van der Waals surface area contributed by atoms with Crippen LogP contribution in [-0.2, 0) is 32.1 Å². The van der Waals surface area contributed by atoms with E-state index < -0.39 is 0 Å². The number of rotatable bonds is 16. The molecule has 0 radical (unpaired) electrons. The van der Waals surface area contributed by atoms with Crippen molar-refractivity contribution < 1.29 is 5.11 Å². The van der Waals surface area contributed by atoms with Gasteiger partial charge in [-0.3, -0.25) is 0 Å². The highest BCUT2D eigenvalue weighted by atomic mass is 16.3. The largest absolute Gasteiger partial charge is 0.507 e. The number of hydrogen-bond acceptors (Lipinski definition) is 1. The Morgan fingerprint density at radius 3 is 1.04 bits per heavy atom. The standard InChI is InChI=1S/C27H48O/c1-6-11-16-21-26-24(19-14-9-4)22(17-12-7-2)23(18-13-8-3)25(27(26)28)20-15-10-5/h28H,6-21H2,1-5H3. The Kier molecular flexibility index (Phi) is 13.4. The quantitative estimate of drug-likeness (QED) is 0.281.